The van der Waals surface area contributed by atoms with Crippen LogP contribution in [0.5, 0.6) is 0 Å². The molecule has 0 fully saturated rings. The van der Waals surface area contributed by atoms with Crippen LogP contribution in [0.1, 0.15) is 0 Å². The quantitative estimate of drug-likeness (QED) is 0.117. The lowest BCUT2D eigenvalue weighted by atomic mass is 10.3. The van der Waals surface area contributed by atoms with E-state index in [1.165, 1.54) is 60.7 Å². The van der Waals surface area contributed by atoms with Crippen molar-refractivity contribution in [1.82, 2.24) is 0 Å². The predicted molar refractivity (Wildman–Crippen MR) is 148 cm³/mol. The molecule has 0 aliphatic heterocycles. The molecule has 212 valence electrons. The summed E-state index contributed by atoms with van der Waals surface area (Å²) < 4.78 is 89.8. The fraction of sp³-hybridized carbons (Fsp3) is 0. The van der Waals surface area contributed by atoms with E-state index in [0.717, 1.165) is 24.3 Å². The lowest BCUT2D eigenvalue weighted by Gasteiger charge is -2.06. The Kier molecular flexibility index (Phi) is 8.00. The number of sulfone groups is 1. The number of hydrogen-bond acceptors (Lipinski definition) is 12. The lowest BCUT2D eigenvalue weighted by molar-refractivity contribution is 0.481. The van der Waals surface area contributed by atoms with Crippen molar-refractivity contribution in [1.29, 1.82) is 0 Å². The van der Waals surface area contributed by atoms with E-state index in [1.807, 2.05) is 0 Å². The fourth-order valence-corrected chi connectivity index (χ4v) is 5.55. The molecule has 0 amide bonds. The molecule has 0 aromatic heterocycles. The molecule has 0 unspecified atom stereocenters. The summed E-state index contributed by atoms with van der Waals surface area (Å²) in [6.45, 7) is 0. The molecule has 17 heteroatoms. The highest BCUT2D eigenvalue weighted by Gasteiger charge is 2.18. The van der Waals surface area contributed by atoms with E-state index in [9.17, 15) is 34.4 Å². The first-order valence-electron chi connectivity index (χ1n) is 11.2. The highest BCUT2D eigenvalue weighted by atomic mass is 32.2. The third-order valence-corrected chi connectivity index (χ3v) is 8.92. The number of rotatable bonds is 8. The van der Waals surface area contributed by atoms with Gasteiger partial charge >= 0.3 is 0 Å². The van der Waals surface area contributed by atoms with Crippen molar-refractivity contribution in [3.8, 4) is 0 Å². The molecule has 0 heterocycles. The van der Waals surface area contributed by atoms with Gasteiger partial charge in [0.15, 0.2) is 0 Å². The van der Waals surface area contributed by atoms with Gasteiger partial charge in [0.2, 0.25) is 9.84 Å². The molecule has 14 nitrogen and oxygen atoms in total. The van der Waals surface area contributed by atoms with Crippen LogP contribution in [0.3, 0.4) is 0 Å². The van der Waals surface area contributed by atoms with Gasteiger partial charge in [-0.25, -0.2) is 8.42 Å². The first kappa shape index (κ1) is 29.4. The van der Waals surface area contributed by atoms with Gasteiger partial charge < -0.3 is 11.5 Å². The minimum absolute atomic E-state index is 0.0112. The van der Waals surface area contributed by atoms with Crippen LogP contribution in [0.25, 0.3) is 0 Å². The van der Waals surface area contributed by atoms with Crippen molar-refractivity contribution >= 4 is 64.2 Å². The number of nitrogen functional groups attached to an aromatic ring is 2. The summed E-state index contributed by atoms with van der Waals surface area (Å²) in [5.41, 5.74) is 12.2. The van der Waals surface area contributed by atoms with E-state index in [0.29, 0.717) is 0 Å². The van der Waals surface area contributed by atoms with Crippen LogP contribution < -0.4 is 11.5 Å². The van der Waals surface area contributed by atoms with Gasteiger partial charge in [0.25, 0.3) is 20.2 Å². The third-order valence-electron chi connectivity index (χ3n) is 5.44. The molecule has 0 atom stereocenters. The maximum Gasteiger partial charge on any atom is 0.294 e. The Bertz CT molecular complexity index is 1870. The zero-order chi connectivity index (χ0) is 30.0. The van der Waals surface area contributed by atoms with Crippen molar-refractivity contribution in [3.05, 3.63) is 84.9 Å². The average Bonchev–Trinajstić information content (AvgIpc) is 2.91. The Morgan fingerprint density at radius 3 is 1.10 bits per heavy atom. The molecule has 41 heavy (non-hydrogen) atoms. The maximum atomic E-state index is 13.1. The predicted octanol–water partition coefficient (Wildman–Crippen LogP) is 5.01. The highest BCUT2D eigenvalue weighted by Crippen LogP contribution is 2.31. The molecular weight excluding hydrogens is 596 g/mol. The largest absolute Gasteiger partial charge is 0.397 e. The van der Waals surface area contributed by atoms with Gasteiger partial charge in [0.1, 0.15) is 11.4 Å². The van der Waals surface area contributed by atoms with Gasteiger partial charge in [0.05, 0.1) is 42.3 Å². The monoisotopic (exact) mass is 616 g/mol. The normalized spacial score (nSPS) is 12.7. The van der Waals surface area contributed by atoms with Crippen LogP contribution in [0.4, 0.5) is 34.1 Å². The van der Waals surface area contributed by atoms with E-state index < -0.39 is 39.9 Å². The van der Waals surface area contributed by atoms with Gasteiger partial charge in [-0.2, -0.15) is 27.1 Å². The first-order chi connectivity index (χ1) is 19.1. The Hall–Kier alpha value is -4.55. The number of hydrogen-bond donors (Lipinski definition) is 4. The minimum Gasteiger partial charge on any atom is -0.397 e. The second-order valence-electron chi connectivity index (χ2n) is 8.28. The second-order valence-corrected chi connectivity index (χ2v) is 13.1. The van der Waals surface area contributed by atoms with E-state index in [-0.39, 0.29) is 43.9 Å². The number of benzene rings is 4. The van der Waals surface area contributed by atoms with Crippen LogP contribution in [-0.4, -0.2) is 34.4 Å². The summed E-state index contributed by atoms with van der Waals surface area (Å²) in [5.74, 6) is 0. The van der Waals surface area contributed by atoms with Crippen molar-refractivity contribution in [3.63, 3.8) is 0 Å². The SMILES string of the molecule is Nc1ccc(S(=O)(=O)O)cc1N=Nc1ccc(S(=O)(=O)c2ccc(N=Nc3cc(S(=O)(=O)O)ccc3N)cc2)cc1. The molecule has 0 radical (unpaired) electrons. The topological polar surface area (TPSA) is 244 Å². The van der Waals surface area contributed by atoms with Crippen LogP contribution in [0.2, 0.25) is 0 Å². The molecule has 0 spiro atoms. The zero-order valence-corrected chi connectivity index (χ0v) is 23.0. The van der Waals surface area contributed by atoms with Crippen molar-refractivity contribution in [2.75, 3.05) is 11.5 Å². The molecule has 4 aromatic carbocycles. The number of nitrogens with zero attached hydrogens (tertiary/aromatic N) is 4. The van der Waals surface area contributed by atoms with Gasteiger partial charge in [-0.1, -0.05) is 0 Å². The number of azo groups is 2. The van der Waals surface area contributed by atoms with Crippen LogP contribution in [0, 0.1) is 0 Å². The average molecular weight is 617 g/mol. The van der Waals surface area contributed by atoms with E-state index in [4.69, 9.17) is 11.5 Å². The molecular formula is C24H20N6O8S3. The molecule has 0 bridgehead atoms. The molecule has 0 aliphatic rings. The molecule has 6 N–H and O–H groups in total. The van der Waals surface area contributed by atoms with Gasteiger partial charge in [-0.15, -0.1) is 10.2 Å². The maximum absolute atomic E-state index is 13.1. The Labute approximate surface area is 234 Å². The van der Waals surface area contributed by atoms with Crippen LogP contribution in [0.15, 0.2) is 125 Å². The summed E-state index contributed by atoms with van der Waals surface area (Å²) >= 11 is 0. The Morgan fingerprint density at radius 1 is 0.463 bits per heavy atom. The smallest absolute Gasteiger partial charge is 0.294 e. The van der Waals surface area contributed by atoms with Crippen molar-refractivity contribution in [2.24, 2.45) is 20.5 Å². The fourth-order valence-electron chi connectivity index (χ4n) is 3.28. The summed E-state index contributed by atoms with van der Waals surface area (Å²) in [7, 11) is -12.9. The Balaban J connectivity index is 1.51. The van der Waals surface area contributed by atoms with E-state index >= 15 is 0 Å². The van der Waals surface area contributed by atoms with Crippen molar-refractivity contribution in [2.45, 2.75) is 19.6 Å². The second kappa shape index (κ2) is 11.1. The van der Waals surface area contributed by atoms with Crippen LogP contribution in [-0.2, 0) is 30.1 Å². The van der Waals surface area contributed by atoms with Gasteiger partial charge in [-0.3, -0.25) is 9.11 Å². The molecule has 0 saturated heterocycles. The van der Waals surface area contributed by atoms with Crippen LogP contribution >= 0.6 is 0 Å². The number of anilines is 2. The third kappa shape index (κ3) is 6.97. The van der Waals surface area contributed by atoms with Gasteiger partial charge in [0, 0.05) is 0 Å². The Morgan fingerprint density at radius 2 is 0.780 bits per heavy atom. The number of nitrogens with two attached hydrogens (primary N) is 2. The first-order valence-corrected chi connectivity index (χ1v) is 15.5. The summed E-state index contributed by atoms with van der Waals surface area (Å²) in [6, 6.07) is 17.6. The van der Waals surface area contributed by atoms with E-state index in [1.54, 1.807) is 0 Å². The zero-order valence-electron chi connectivity index (χ0n) is 20.6. The molecule has 0 saturated carbocycles. The summed E-state index contributed by atoms with van der Waals surface area (Å²) in [4.78, 5) is -0.919. The summed E-state index contributed by atoms with van der Waals surface area (Å²) in [5, 5.41) is 15.6. The lowest BCUT2D eigenvalue weighted by Crippen LogP contribution is -2.01. The molecule has 0 aliphatic carbocycles. The van der Waals surface area contributed by atoms with E-state index in [2.05, 4.69) is 20.5 Å². The summed E-state index contributed by atoms with van der Waals surface area (Å²) in [6.07, 6.45) is 0. The van der Waals surface area contributed by atoms with Crippen molar-refractivity contribution < 1.29 is 34.4 Å². The minimum atomic E-state index is -4.47. The molecule has 4 rings (SSSR count). The van der Waals surface area contributed by atoms with Gasteiger partial charge in [-0.05, 0) is 84.9 Å². The molecule has 4 aromatic rings. The standard InChI is InChI=1S/C24H20N6O8S3/c25-21-11-9-19(40(33,34)35)13-23(21)29-27-15-1-5-17(6-2-15)39(31,32)18-7-3-16(4-8-18)28-30-24-14-20(41(36,37)38)10-12-22(24)26/h1-14H,25-26H2,(H,33,34,35)(H,36,37,38). The highest BCUT2D eigenvalue weighted by molar-refractivity contribution is 7.91.